The van der Waals surface area contributed by atoms with Gasteiger partial charge in [0.2, 0.25) is 11.7 Å². The first kappa shape index (κ1) is 18.2. The van der Waals surface area contributed by atoms with Crippen LogP contribution in [0.15, 0.2) is 65.1 Å². The van der Waals surface area contributed by atoms with Crippen LogP contribution in [-0.4, -0.2) is 42.9 Å². The third kappa shape index (κ3) is 3.75. The van der Waals surface area contributed by atoms with Gasteiger partial charge in [0.05, 0.1) is 13.2 Å². The van der Waals surface area contributed by atoms with E-state index < -0.39 is 0 Å². The molecule has 5 heteroatoms. The van der Waals surface area contributed by atoms with Gasteiger partial charge < -0.3 is 14.1 Å². The highest BCUT2D eigenvalue weighted by Gasteiger charge is 2.17. The number of hydrogen-bond acceptors (Lipinski definition) is 4. The molecule has 0 aliphatic carbocycles. The second kappa shape index (κ2) is 7.82. The predicted molar refractivity (Wildman–Crippen MR) is 107 cm³/mol. The van der Waals surface area contributed by atoms with Crippen LogP contribution in [0.5, 0.6) is 0 Å². The Labute approximate surface area is 163 Å². The Morgan fingerprint density at radius 3 is 2.46 bits per heavy atom. The van der Waals surface area contributed by atoms with Gasteiger partial charge in [0.1, 0.15) is 5.58 Å². The maximum atomic E-state index is 12.6. The van der Waals surface area contributed by atoms with Crippen LogP contribution in [0.1, 0.15) is 28.6 Å². The van der Waals surface area contributed by atoms with Crippen molar-refractivity contribution in [3.8, 4) is 0 Å². The summed E-state index contributed by atoms with van der Waals surface area (Å²) in [5, 5.41) is 0.836. The zero-order valence-corrected chi connectivity index (χ0v) is 15.7. The smallest absolute Gasteiger partial charge is 0.246 e. The molecule has 1 fully saturated rings. The van der Waals surface area contributed by atoms with Gasteiger partial charge in [0, 0.05) is 30.1 Å². The monoisotopic (exact) mass is 375 g/mol. The number of ether oxygens (including phenoxy) is 1. The molecule has 0 radical (unpaired) electrons. The van der Waals surface area contributed by atoms with Crippen LogP contribution >= 0.6 is 0 Å². The van der Waals surface area contributed by atoms with Crippen LogP contribution in [0.2, 0.25) is 0 Å². The van der Waals surface area contributed by atoms with E-state index in [4.69, 9.17) is 9.15 Å². The van der Waals surface area contributed by atoms with Crippen LogP contribution in [0, 0.1) is 0 Å². The molecule has 0 atom stereocenters. The standard InChI is InChI=1S/C23H21NO4/c1-16(13-22(25)24-9-11-27-12-10-24)18-7-8-20-19(14-18)15-21(28-20)23(26)17-5-3-2-4-6-17/h2-8,13-15H,9-12H2,1H3. The van der Waals surface area contributed by atoms with Crippen molar-refractivity contribution in [1.29, 1.82) is 0 Å². The summed E-state index contributed by atoms with van der Waals surface area (Å²) in [6, 6.07) is 16.5. The lowest BCUT2D eigenvalue weighted by Crippen LogP contribution is -2.39. The number of carbonyl (C=O) groups excluding carboxylic acids is 2. The van der Waals surface area contributed by atoms with Crippen molar-refractivity contribution in [2.45, 2.75) is 6.92 Å². The summed E-state index contributed by atoms with van der Waals surface area (Å²) in [6.45, 7) is 4.31. The second-order valence-electron chi connectivity index (χ2n) is 6.82. The maximum Gasteiger partial charge on any atom is 0.246 e. The number of furan rings is 1. The minimum atomic E-state index is -0.145. The number of hydrogen-bond donors (Lipinski definition) is 0. The minimum Gasteiger partial charge on any atom is -0.453 e. The van der Waals surface area contributed by atoms with Crippen molar-refractivity contribution in [1.82, 2.24) is 4.90 Å². The van der Waals surface area contributed by atoms with Crippen LogP contribution in [0.3, 0.4) is 0 Å². The van der Waals surface area contributed by atoms with E-state index in [1.54, 1.807) is 29.2 Å². The molecule has 0 unspecified atom stereocenters. The Balaban J connectivity index is 1.58. The van der Waals surface area contributed by atoms with Crippen LogP contribution in [0.4, 0.5) is 0 Å². The van der Waals surface area contributed by atoms with Gasteiger partial charge in [-0.15, -0.1) is 0 Å². The highest BCUT2D eigenvalue weighted by atomic mass is 16.5. The Morgan fingerprint density at radius 1 is 0.964 bits per heavy atom. The fourth-order valence-corrected chi connectivity index (χ4v) is 3.28. The molecule has 1 amide bonds. The van der Waals surface area contributed by atoms with Crippen LogP contribution in [0.25, 0.3) is 16.5 Å². The molecule has 1 aliphatic heterocycles. The summed E-state index contributed by atoms with van der Waals surface area (Å²) in [5.41, 5.74) is 3.04. The Morgan fingerprint density at radius 2 is 1.71 bits per heavy atom. The van der Waals surface area contributed by atoms with Gasteiger partial charge in [0.15, 0.2) is 5.76 Å². The van der Waals surface area contributed by atoms with E-state index in [-0.39, 0.29) is 11.7 Å². The molecule has 3 aromatic rings. The third-order valence-electron chi connectivity index (χ3n) is 4.89. The fourth-order valence-electron chi connectivity index (χ4n) is 3.28. The number of fused-ring (bicyclic) bond motifs is 1. The predicted octanol–water partition coefficient (Wildman–Crippen LogP) is 3.93. The Kier molecular flexibility index (Phi) is 5.08. The molecule has 1 aromatic heterocycles. The van der Waals surface area contributed by atoms with Crippen molar-refractivity contribution >= 4 is 28.2 Å². The molecule has 1 aliphatic rings. The summed E-state index contributed by atoms with van der Waals surface area (Å²) in [7, 11) is 0. The number of rotatable bonds is 4. The largest absolute Gasteiger partial charge is 0.453 e. The molecular formula is C23H21NO4. The van der Waals surface area contributed by atoms with E-state index >= 15 is 0 Å². The third-order valence-corrected chi connectivity index (χ3v) is 4.89. The molecule has 2 aromatic carbocycles. The summed E-state index contributed by atoms with van der Waals surface area (Å²) in [4.78, 5) is 26.8. The summed E-state index contributed by atoms with van der Waals surface area (Å²) >= 11 is 0. The lowest BCUT2D eigenvalue weighted by Gasteiger charge is -2.25. The highest BCUT2D eigenvalue weighted by Crippen LogP contribution is 2.25. The molecule has 0 bridgehead atoms. The van der Waals surface area contributed by atoms with Crippen molar-refractivity contribution < 1.29 is 18.7 Å². The highest BCUT2D eigenvalue weighted by molar-refractivity contribution is 6.09. The zero-order valence-electron chi connectivity index (χ0n) is 15.7. The molecule has 28 heavy (non-hydrogen) atoms. The average Bonchev–Trinajstić information content (AvgIpc) is 3.17. The van der Waals surface area contributed by atoms with E-state index in [9.17, 15) is 9.59 Å². The molecular weight excluding hydrogens is 354 g/mol. The molecule has 1 saturated heterocycles. The first-order chi connectivity index (χ1) is 13.6. The van der Waals surface area contributed by atoms with Gasteiger partial charge in [-0.05, 0) is 36.3 Å². The summed E-state index contributed by atoms with van der Waals surface area (Å²) < 4.78 is 11.0. The number of ketones is 1. The fraction of sp³-hybridized carbons (Fsp3) is 0.217. The van der Waals surface area contributed by atoms with Gasteiger partial charge in [-0.2, -0.15) is 0 Å². The average molecular weight is 375 g/mol. The molecule has 0 N–H and O–H groups in total. The molecule has 0 saturated carbocycles. The number of benzene rings is 2. The number of carbonyl (C=O) groups is 2. The zero-order chi connectivity index (χ0) is 19.5. The number of morpholine rings is 1. The molecule has 2 heterocycles. The van der Waals surface area contributed by atoms with Crippen molar-refractivity contribution in [2.24, 2.45) is 0 Å². The van der Waals surface area contributed by atoms with Crippen molar-refractivity contribution in [3.05, 3.63) is 77.6 Å². The minimum absolute atomic E-state index is 0.00645. The first-order valence-electron chi connectivity index (χ1n) is 9.30. The SMILES string of the molecule is CC(=CC(=O)N1CCOCC1)c1ccc2oc(C(=O)c3ccccc3)cc2c1. The van der Waals surface area contributed by atoms with E-state index in [2.05, 4.69) is 0 Å². The lowest BCUT2D eigenvalue weighted by molar-refractivity contribution is -0.129. The van der Waals surface area contributed by atoms with E-state index in [0.717, 1.165) is 16.5 Å². The normalized spacial score (nSPS) is 15.0. The van der Waals surface area contributed by atoms with Gasteiger partial charge in [-0.25, -0.2) is 0 Å². The van der Waals surface area contributed by atoms with Gasteiger partial charge >= 0.3 is 0 Å². The second-order valence-corrected chi connectivity index (χ2v) is 6.82. The van der Waals surface area contributed by atoms with Crippen molar-refractivity contribution in [2.75, 3.05) is 26.3 Å². The maximum absolute atomic E-state index is 12.6. The van der Waals surface area contributed by atoms with Gasteiger partial charge in [-0.3, -0.25) is 9.59 Å². The molecule has 5 nitrogen and oxygen atoms in total. The topological polar surface area (TPSA) is 59.8 Å². The Hall–Kier alpha value is -3.18. The number of amides is 1. The molecule has 142 valence electrons. The Bertz CT molecular complexity index is 1040. The quantitative estimate of drug-likeness (QED) is 0.512. The van der Waals surface area contributed by atoms with Gasteiger partial charge in [-0.1, -0.05) is 36.4 Å². The summed E-state index contributed by atoms with van der Waals surface area (Å²) in [5.74, 6) is 0.158. The molecule has 0 spiro atoms. The van der Waals surface area contributed by atoms with Crippen LogP contribution in [-0.2, 0) is 9.53 Å². The van der Waals surface area contributed by atoms with E-state index in [1.807, 2.05) is 43.3 Å². The van der Waals surface area contributed by atoms with E-state index in [1.165, 1.54) is 0 Å². The van der Waals surface area contributed by atoms with Crippen molar-refractivity contribution in [3.63, 3.8) is 0 Å². The first-order valence-corrected chi connectivity index (χ1v) is 9.30. The number of nitrogens with zero attached hydrogens (tertiary/aromatic N) is 1. The van der Waals surface area contributed by atoms with Crippen LogP contribution < -0.4 is 0 Å². The number of allylic oxidation sites excluding steroid dienone is 1. The van der Waals surface area contributed by atoms with E-state index in [0.29, 0.717) is 43.2 Å². The molecule has 4 rings (SSSR count). The van der Waals surface area contributed by atoms with Gasteiger partial charge in [0.25, 0.3) is 0 Å². The lowest BCUT2D eigenvalue weighted by atomic mass is 10.0. The summed E-state index contributed by atoms with van der Waals surface area (Å²) in [6.07, 6.45) is 1.66.